The smallest absolute Gasteiger partial charge is 0.410 e. The van der Waals surface area contributed by atoms with Crippen LogP contribution in [-0.4, -0.2) is 67.9 Å². The molecule has 0 aliphatic carbocycles. The van der Waals surface area contributed by atoms with Crippen molar-refractivity contribution in [2.24, 2.45) is 0 Å². The van der Waals surface area contributed by atoms with Crippen LogP contribution in [0.1, 0.15) is 58.2 Å². The third-order valence-corrected chi connectivity index (χ3v) is 5.57. The molecule has 1 unspecified atom stereocenters. The first-order valence-electron chi connectivity index (χ1n) is 11.3. The van der Waals surface area contributed by atoms with Crippen molar-refractivity contribution in [2.75, 3.05) is 26.2 Å². The quantitative estimate of drug-likeness (QED) is 0.575. The minimum atomic E-state index is -0.508. The van der Waals surface area contributed by atoms with E-state index in [2.05, 4.69) is 33.4 Å². The number of nitrogens with zero attached hydrogens (tertiary/aromatic N) is 6. The Balaban J connectivity index is 1.59. The predicted octanol–water partition coefficient (Wildman–Crippen LogP) is 3.86. The minimum absolute atomic E-state index is 0.227. The summed E-state index contributed by atoms with van der Waals surface area (Å²) in [5.74, 6) is 1.58. The zero-order valence-electron chi connectivity index (χ0n) is 19.3. The van der Waals surface area contributed by atoms with Gasteiger partial charge in [-0.25, -0.2) is 9.48 Å². The van der Waals surface area contributed by atoms with Crippen LogP contribution in [0.3, 0.4) is 0 Å². The van der Waals surface area contributed by atoms with Gasteiger partial charge in [0, 0.05) is 38.1 Å². The third-order valence-electron chi connectivity index (χ3n) is 5.57. The molecule has 172 valence electrons. The number of benzene rings is 1. The van der Waals surface area contributed by atoms with Gasteiger partial charge in [0.25, 0.3) is 0 Å². The Morgan fingerprint density at radius 1 is 1.19 bits per heavy atom. The van der Waals surface area contributed by atoms with Crippen molar-refractivity contribution in [1.29, 1.82) is 0 Å². The van der Waals surface area contributed by atoms with Crippen molar-refractivity contribution in [3.63, 3.8) is 0 Å². The van der Waals surface area contributed by atoms with Crippen LogP contribution in [0.2, 0.25) is 0 Å². The van der Waals surface area contributed by atoms with E-state index in [1.807, 2.05) is 49.7 Å². The Bertz CT molecular complexity index is 1010. The van der Waals surface area contributed by atoms with Crippen molar-refractivity contribution in [2.45, 2.75) is 58.7 Å². The molecule has 1 aliphatic rings. The highest BCUT2D eigenvalue weighted by atomic mass is 16.6. The van der Waals surface area contributed by atoms with Gasteiger partial charge in [0.15, 0.2) is 5.82 Å². The molecule has 2 aromatic heterocycles. The molecule has 0 bridgehead atoms. The molecule has 1 atom stereocenters. The minimum Gasteiger partial charge on any atom is -0.459 e. The van der Waals surface area contributed by atoms with E-state index in [1.54, 1.807) is 4.90 Å². The fourth-order valence-electron chi connectivity index (χ4n) is 3.97. The van der Waals surface area contributed by atoms with Gasteiger partial charge in [0.1, 0.15) is 23.0 Å². The number of unbranched alkanes of at least 4 members (excludes halogenated alkanes) is 1. The number of para-hydroxylation sites is 1. The topological polar surface area (TPSA) is 89.5 Å². The second-order valence-electron chi connectivity index (χ2n) is 9.21. The number of aromatic nitrogens is 4. The molecule has 32 heavy (non-hydrogen) atoms. The van der Waals surface area contributed by atoms with Crippen LogP contribution in [0.15, 0.2) is 34.7 Å². The highest BCUT2D eigenvalue weighted by Gasteiger charge is 2.35. The van der Waals surface area contributed by atoms with Gasteiger partial charge in [0.05, 0.1) is 0 Å². The SMILES string of the molecule is CCCCn1nnnc1C(c1cc2ccccc2o1)N1CCN(C(=O)OC(C)(C)C)CC1. The number of ether oxygens (including phenoxy) is 1. The van der Waals surface area contributed by atoms with Crippen molar-refractivity contribution >= 4 is 17.1 Å². The monoisotopic (exact) mass is 440 g/mol. The molecule has 1 aliphatic heterocycles. The molecule has 1 fully saturated rings. The molecule has 1 aromatic carbocycles. The van der Waals surface area contributed by atoms with Gasteiger partial charge in [-0.05, 0) is 49.8 Å². The molecule has 0 N–H and O–H groups in total. The fraction of sp³-hybridized carbons (Fsp3) is 0.565. The Kier molecular flexibility index (Phi) is 6.45. The normalized spacial score (nSPS) is 16.4. The van der Waals surface area contributed by atoms with E-state index >= 15 is 0 Å². The van der Waals surface area contributed by atoms with Crippen LogP contribution in [0.25, 0.3) is 11.0 Å². The average Bonchev–Trinajstić information content (AvgIpc) is 3.38. The van der Waals surface area contributed by atoms with Gasteiger partial charge in [0.2, 0.25) is 0 Å². The molecular weight excluding hydrogens is 408 g/mol. The summed E-state index contributed by atoms with van der Waals surface area (Å²) in [6, 6.07) is 9.82. The zero-order chi connectivity index (χ0) is 22.7. The summed E-state index contributed by atoms with van der Waals surface area (Å²) >= 11 is 0. The molecule has 1 saturated heterocycles. The van der Waals surface area contributed by atoms with E-state index in [0.29, 0.717) is 26.2 Å². The van der Waals surface area contributed by atoms with Crippen LogP contribution in [-0.2, 0) is 11.3 Å². The molecule has 9 nitrogen and oxygen atoms in total. The number of tetrazole rings is 1. The highest BCUT2D eigenvalue weighted by Crippen LogP contribution is 2.32. The Labute approximate surface area is 188 Å². The van der Waals surface area contributed by atoms with E-state index < -0.39 is 5.60 Å². The number of fused-ring (bicyclic) bond motifs is 1. The number of hydrogen-bond acceptors (Lipinski definition) is 7. The first-order valence-corrected chi connectivity index (χ1v) is 11.3. The van der Waals surface area contributed by atoms with Crippen LogP contribution in [0, 0.1) is 0 Å². The molecule has 3 heterocycles. The summed E-state index contributed by atoms with van der Waals surface area (Å²) in [5.41, 5.74) is 0.333. The maximum atomic E-state index is 12.5. The summed E-state index contributed by atoms with van der Waals surface area (Å²) in [7, 11) is 0. The highest BCUT2D eigenvalue weighted by molar-refractivity contribution is 5.77. The molecule has 0 radical (unpaired) electrons. The van der Waals surface area contributed by atoms with Crippen LogP contribution in [0.4, 0.5) is 4.79 Å². The lowest BCUT2D eigenvalue weighted by Crippen LogP contribution is -2.51. The summed E-state index contributed by atoms with van der Waals surface area (Å²) in [4.78, 5) is 16.6. The van der Waals surface area contributed by atoms with Gasteiger partial charge in [-0.2, -0.15) is 0 Å². The molecule has 4 rings (SSSR count). The maximum absolute atomic E-state index is 12.5. The van der Waals surface area contributed by atoms with Crippen molar-refractivity contribution in [1.82, 2.24) is 30.0 Å². The molecule has 0 spiro atoms. The van der Waals surface area contributed by atoms with Crippen LogP contribution in [0.5, 0.6) is 0 Å². The van der Waals surface area contributed by atoms with E-state index in [9.17, 15) is 4.79 Å². The molecule has 3 aromatic rings. The van der Waals surface area contributed by atoms with Gasteiger partial charge in [-0.1, -0.05) is 31.5 Å². The number of hydrogen-bond donors (Lipinski definition) is 0. The predicted molar refractivity (Wildman–Crippen MR) is 120 cm³/mol. The first-order chi connectivity index (χ1) is 15.4. The van der Waals surface area contributed by atoms with Gasteiger partial charge >= 0.3 is 6.09 Å². The summed E-state index contributed by atoms with van der Waals surface area (Å²) in [6.45, 7) is 11.0. The Hall–Kier alpha value is -2.94. The number of aryl methyl sites for hydroxylation is 1. The largest absolute Gasteiger partial charge is 0.459 e. The van der Waals surface area contributed by atoms with E-state index in [0.717, 1.165) is 41.9 Å². The van der Waals surface area contributed by atoms with Crippen molar-refractivity contribution in [3.8, 4) is 0 Å². The number of furan rings is 1. The summed E-state index contributed by atoms with van der Waals surface area (Å²) in [6.07, 6.45) is 1.78. The van der Waals surface area contributed by atoms with Crippen LogP contribution >= 0.6 is 0 Å². The number of carbonyl (C=O) groups is 1. The molecular formula is C23H32N6O3. The molecule has 9 heteroatoms. The second kappa shape index (κ2) is 9.28. The number of rotatable bonds is 6. The Morgan fingerprint density at radius 3 is 2.62 bits per heavy atom. The molecule has 1 amide bonds. The second-order valence-corrected chi connectivity index (χ2v) is 9.21. The number of carbonyl (C=O) groups excluding carboxylic acids is 1. The van der Waals surface area contributed by atoms with E-state index in [1.165, 1.54) is 0 Å². The van der Waals surface area contributed by atoms with Gasteiger partial charge in [-0.3, -0.25) is 4.90 Å². The average molecular weight is 441 g/mol. The number of piperazine rings is 1. The summed E-state index contributed by atoms with van der Waals surface area (Å²) < 4.78 is 13.7. The molecule has 0 saturated carbocycles. The number of amides is 1. The standard InChI is InChI=1S/C23H32N6O3/c1-5-6-11-29-21(24-25-26-29)20(19-16-17-9-7-8-10-18(17)31-19)27-12-14-28(15-13-27)22(30)32-23(2,3)4/h7-10,16,20H,5-6,11-15H2,1-4H3. The zero-order valence-corrected chi connectivity index (χ0v) is 19.3. The van der Waals surface area contributed by atoms with Gasteiger partial charge < -0.3 is 14.1 Å². The van der Waals surface area contributed by atoms with Crippen LogP contribution < -0.4 is 0 Å². The fourth-order valence-corrected chi connectivity index (χ4v) is 3.97. The lowest BCUT2D eigenvalue weighted by molar-refractivity contribution is 0.0107. The first kappa shape index (κ1) is 22.3. The lowest BCUT2D eigenvalue weighted by atomic mass is 10.1. The summed E-state index contributed by atoms with van der Waals surface area (Å²) in [5, 5.41) is 13.6. The third kappa shape index (κ3) is 4.93. The van der Waals surface area contributed by atoms with Crippen molar-refractivity contribution < 1.29 is 13.9 Å². The Morgan fingerprint density at radius 2 is 1.94 bits per heavy atom. The lowest BCUT2D eigenvalue weighted by Gasteiger charge is -2.38. The van der Waals surface area contributed by atoms with Gasteiger partial charge in [-0.15, -0.1) is 5.10 Å². The maximum Gasteiger partial charge on any atom is 0.410 e. The van der Waals surface area contributed by atoms with E-state index in [-0.39, 0.29) is 12.1 Å². The van der Waals surface area contributed by atoms with Crippen molar-refractivity contribution in [3.05, 3.63) is 41.9 Å². The van der Waals surface area contributed by atoms with E-state index in [4.69, 9.17) is 9.15 Å².